The van der Waals surface area contributed by atoms with E-state index in [-0.39, 0.29) is 29.0 Å². The maximum Gasteiger partial charge on any atom is 0.351 e. The van der Waals surface area contributed by atoms with Crippen molar-refractivity contribution in [2.75, 3.05) is 32.1 Å². The molecule has 2 aromatic carbocycles. The summed E-state index contributed by atoms with van der Waals surface area (Å²) >= 11 is 10.7. The van der Waals surface area contributed by atoms with Crippen LogP contribution < -0.4 is 10.1 Å². The van der Waals surface area contributed by atoms with Crippen molar-refractivity contribution in [3.63, 3.8) is 0 Å². The quantitative estimate of drug-likeness (QED) is 0.230. The van der Waals surface area contributed by atoms with Crippen LogP contribution in [0.3, 0.4) is 0 Å². The third-order valence-corrected chi connectivity index (χ3v) is 10.9. The molecule has 1 N–H and O–H groups in total. The molecule has 3 aromatic rings. The molecule has 4 rings (SSSR count). The molecule has 0 saturated carbocycles. The average Bonchev–Trinajstić information content (AvgIpc) is 3.28. The Balaban J connectivity index is 1.43. The molecule has 0 unspecified atom stereocenters. The van der Waals surface area contributed by atoms with Crippen molar-refractivity contribution < 1.29 is 32.2 Å². The van der Waals surface area contributed by atoms with Crippen LogP contribution in [0.1, 0.15) is 48.8 Å². The summed E-state index contributed by atoms with van der Waals surface area (Å²) in [5, 5.41) is 4.09. The third-order valence-electron chi connectivity index (χ3n) is 6.54. The van der Waals surface area contributed by atoms with Crippen molar-refractivity contribution >= 4 is 66.5 Å². The van der Waals surface area contributed by atoms with Crippen molar-refractivity contribution in [1.29, 1.82) is 0 Å². The SMILES string of the molecule is COC(=O)c1sc(-c2cccc(NC3CCN(S(=O)(=O)Cc4ccc(Cl)cc4)CC3)c2)c(Br)c1OCC(=O)OC(C)(C)C. The largest absolute Gasteiger partial charge is 0.479 e. The van der Waals surface area contributed by atoms with E-state index in [1.54, 1.807) is 49.3 Å². The molecule has 0 spiro atoms. The van der Waals surface area contributed by atoms with Gasteiger partial charge in [-0.25, -0.2) is 22.3 Å². The number of halogens is 2. The van der Waals surface area contributed by atoms with Gasteiger partial charge in [-0.1, -0.05) is 35.9 Å². The Kier molecular flexibility index (Phi) is 10.8. The van der Waals surface area contributed by atoms with Gasteiger partial charge in [-0.05, 0) is 84.9 Å². The summed E-state index contributed by atoms with van der Waals surface area (Å²) in [7, 11) is -2.16. The maximum atomic E-state index is 13.0. The number of esters is 2. The zero-order valence-electron chi connectivity index (χ0n) is 24.3. The highest BCUT2D eigenvalue weighted by Crippen LogP contribution is 2.46. The predicted molar refractivity (Wildman–Crippen MR) is 172 cm³/mol. The Labute approximate surface area is 269 Å². The Morgan fingerprint density at radius 1 is 1.12 bits per heavy atom. The van der Waals surface area contributed by atoms with E-state index in [2.05, 4.69) is 21.2 Å². The first-order chi connectivity index (χ1) is 20.3. The fourth-order valence-electron chi connectivity index (χ4n) is 4.59. The first kappa shape index (κ1) is 33.3. The summed E-state index contributed by atoms with van der Waals surface area (Å²) in [6.45, 7) is 5.76. The van der Waals surface area contributed by atoms with E-state index < -0.39 is 27.6 Å². The van der Waals surface area contributed by atoms with Crippen molar-refractivity contribution in [3.8, 4) is 16.2 Å². The number of hydrogen-bond donors (Lipinski definition) is 1. The number of nitrogens with zero attached hydrogens (tertiary/aromatic N) is 1. The number of piperidine rings is 1. The lowest BCUT2D eigenvalue weighted by Crippen LogP contribution is -2.42. The van der Waals surface area contributed by atoms with E-state index in [1.807, 2.05) is 24.3 Å². The topological polar surface area (TPSA) is 111 Å². The second-order valence-corrected chi connectivity index (χ2v) is 15.3. The molecule has 9 nitrogen and oxygen atoms in total. The third kappa shape index (κ3) is 8.95. The minimum Gasteiger partial charge on any atom is -0.479 e. The highest BCUT2D eigenvalue weighted by Gasteiger charge is 2.29. The van der Waals surface area contributed by atoms with E-state index >= 15 is 0 Å². The first-order valence-electron chi connectivity index (χ1n) is 13.6. The van der Waals surface area contributed by atoms with Gasteiger partial charge in [0.05, 0.1) is 22.2 Å². The van der Waals surface area contributed by atoms with Crippen LogP contribution in [0.2, 0.25) is 5.02 Å². The molecule has 1 saturated heterocycles. The Morgan fingerprint density at radius 3 is 2.42 bits per heavy atom. The summed E-state index contributed by atoms with van der Waals surface area (Å²) < 4.78 is 44.1. The summed E-state index contributed by atoms with van der Waals surface area (Å²) in [6.07, 6.45) is 1.31. The molecule has 43 heavy (non-hydrogen) atoms. The number of carbonyl (C=O) groups excluding carboxylic acids is 2. The molecule has 1 aliphatic heterocycles. The number of methoxy groups -OCH3 is 1. The summed E-state index contributed by atoms with van der Waals surface area (Å²) in [5.41, 5.74) is 1.71. The predicted octanol–water partition coefficient (Wildman–Crippen LogP) is 6.74. The molecular weight excluding hydrogens is 680 g/mol. The molecule has 1 aromatic heterocycles. The van der Waals surface area contributed by atoms with Crippen LogP contribution >= 0.6 is 38.9 Å². The van der Waals surface area contributed by atoms with Crippen molar-refractivity contribution in [2.24, 2.45) is 0 Å². The Hall–Kier alpha value is -2.64. The normalized spacial score (nSPS) is 14.7. The van der Waals surface area contributed by atoms with Gasteiger partial charge in [0.25, 0.3) is 0 Å². The van der Waals surface area contributed by atoms with E-state index in [4.69, 9.17) is 25.8 Å². The van der Waals surface area contributed by atoms with Crippen molar-refractivity contribution in [2.45, 2.75) is 51.0 Å². The van der Waals surface area contributed by atoms with Gasteiger partial charge < -0.3 is 19.5 Å². The van der Waals surface area contributed by atoms with E-state index in [9.17, 15) is 18.0 Å². The van der Waals surface area contributed by atoms with Gasteiger partial charge in [0.2, 0.25) is 10.0 Å². The smallest absolute Gasteiger partial charge is 0.351 e. The number of ether oxygens (including phenoxy) is 3. The Bertz CT molecular complexity index is 1560. The van der Waals surface area contributed by atoms with Crippen LogP contribution in [-0.2, 0) is 30.0 Å². The second kappa shape index (κ2) is 14.0. The number of carbonyl (C=O) groups is 2. The average molecular weight is 714 g/mol. The zero-order valence-corrected chi connectivity index (χ0v) is 28.3. The lowest BCUT2D eigenvalue weighted by atomic mass is 10.1. The second-order valence-electron chi connectivity index (χ2n) is 11.1. The van der Waals surface area contributed by atoms with E-state index in [0.717, 1.165) is 16.1 Å². The monoisotopic (exact) mass is 712 g/mol. The van der Waals surface area contributed by atoms with Crippen LogP contribution in [0.4, 0.5) is 5.69 Å². The standard InChI is InChI=1S/C30H34BrClN2O7S2/c1-30(2,3)41-24(35)17-40-26-25(31)27(42-28(26)29(36)39-4)20-6-5-7-23(16-20)33-22-12-14-34(15-13-22)43(37,38)18-19-8-10-21(32)11-9-19/h5-11,16,22,33H,12-15,17-18H2,1-4H3. The van der Waals surface area contributed by atoms with Gasteiger partial charge in [-0.3, -0.25) is 0 Å². The van der Waals surface area contributed by atoms with Gasteiger partial charge in [0.15, 0.2) is 17.2 Å². The molecule has 0 radical (unpaired) electrons. The molecule has 2 heterocycles. The van der Waals surface area contributed by atoms with Gasteiger partial charge in [0.1, 0.15) is 5.60 Å². The number of nitrogens with one attached hydrogen (secondary N) is 1. The minimum atomic E-state index is -3.44. The van der Waals surface area contributed by atoms with Crippen LogP contribution in [0, 0.1) is 0 Å². The number of hydrogen-bond acceptors (Lipinski definition) is 9. The molecule has 0 bridgehead atoms. The molecular formula is C30H34BrClN2O7S2. The summed E-state index contributed by atoms with van der Waals surface area (Å²) in [5.74, 6) is -0.985. The van der Waals surface area contributed by atoms with E-state index in [0.29, 0.717) is 41.0 Å². The summed E-state index contributed by atoms with van der Waals surface area (Å²) in [6, 6.07) is 14.6. The van der Waals surface area contributed by atoms with Crippen LogP contribution in [0.25, 0.3) is 10.4 Å². The molecule has 232 valence electrons. The van der Waals surface area contributed by atoms with Gasteiger partial charge in [-0.2, -0.15) is 0 Å². The lowest BCUT2D eigenvalue weighted by Gasteiger charge is -2.32. The van der Waals surface area contributed by atoms with Gasteiger partial charge >= 0.3 is 11.9 Å². The summed E-state index contributed by atoms with van der Waals surface area (Å²) in [4.78, 5) is 25.8. The van der Waals surface area contributed by atoms with E-state index in [1.165, 1.54) is 18.4 Å². The number of anilines is 1. The molecule has 1 fully saturated rings. The number of benzene rings is 2. The lowest BCUT2D eigenvalue weighted by molar-refractivity contribution is -0.157. The molecule has 0 amide bonds. The van der Waals surface area contributed by atoms with Crippen molar-refractivity contribution in [3.05, 3.63) is 68.5 Å². The molecule has 13 heteroatoms. The van der Waals surface area contributed by atoms with Crippen LogP contribution in [0.5, 0.6) is 5.75 Å². The highest BCUT2D eigenvalue weighted by molar-refractivity contribution is 9.10. The molecule has 0 atom stereocenters. The highest BCUT2D eigenvalue weighted by atomic mass is 79.9. The fourth-order valence-corrected chi connectivity index (χ4v) is 8.24. The minimum absolute atomic E-state index is 0.0585. The zero-order chi connectivity index (χ0) is 31.4. The molecule has 1 aliphatic rings. The maximum absolute atomic E-state index is 13.0. The fraction of sp³-hybridized carbons (Fsp3) is 0.400. The van der Waals surface area contributed by atoms with Crippen LogP contribution in [-0.4, -0.2) is 63.1 Å². The number of thiophene rings is 1. The first-order valence-corrected chi connectivity index (χ1v) is 17.2. The van der Waals surface area contributed by atoms with Crippen LogP contribution in [0.15, 0.2) is 53.0 Å². The Morgan fingerprint density at radius 2 is 1.79 bits per heavy atom. The number of rotatable bonds is 10. The number of sulfonamides is 1. The van der Waals surface area contributed by atoms with Gasteiger partial charge in [-0.15, -0.1) is 11.3 Å². The van der Waals surface area contributed by atoms with Gasteiger partial charge in [0, 0.05) is 29.8 Å². The van der Waals surface area contributed by atoms with Crippen molar-refractivity contribution in [1.82, 2.24) is 4.31 Å². The molecule has 0 aliphatic carbocycles.